The Morgan fingerprint density at radius 2 is 1.73 bits per heavy atom. The summed E-state index contributed by atoms with van der Waals surface area (Å²) in [6, 6.07) is 7.02. The molecule has 1 aromatic rings. The van der Waals surface area contributed by atoms with Crippen molar-refractivity contribution in [2.45, 2.75) is 206 Å². The molecule has 2 saturated heterocycles. The lowest BCUT2D eigenvalue weighted by atomic mass is 9.52. The number of allylic oxidation sites excluding steroid dienone is 1. The van der Waals surface area contributed by atoms with Crippen molar-refractivity contribution in [3.8, 4) is 0 Å². The maximum absolute atomic E-state index is 14.2. The number of epoxide rings is 1. The summed E-state index contributed by atoms with van der Waals surface area (Å²) in [5.74, 6) is -0.958. The summed E-state index contributed by atoms with van der Waals surface area (Å²) in [6.07, 6.45) is 15.8. The van der Waals surface area contributed by atoms with Gasteiger partial charge in [-0.2, -0.15) is 0 Å². The molecule has 2 N–H and O–H groups in total. The first kappa shape index (κ1) is 45.5. The number of carbonyl (C=O) groups is 3. The van der Waals surface area contributed by atoms with E-state index >= 15 is 0 Å². The van der Waals surface area contributed by atoms with Gasteiger partial charge >= 0.3 is 11.9 Å². The molecule has 1 aromatic carbocycles. The van der Waals surface area contributed by atoms with Crippen LogP contribution in [-0.2, 0) is 33.3 Å². The van der Waals surface area contributed by atoms with E-state index in [1.54, 1.807) is 26.8 Å². The Balaban J connectivity index is 1.21. The van der Waals surface area contributed by atoms with E-state index in [1.165, 1.54) is 18.4 Å². The van der Waals surface area contributed by atoms with Gasteiger partial charge in [0.1, 0.15) is 23.9 Å². The number of esters is 2. The molecule has 328 valence electrons. The van der Waals surface area contributed by atoms with Crippen LogP contribution in [-0.4, -0.2) is 77.0 Å². The first-order valence-corrected chi connectivity index (χ1v) is 22.9. The van der Waals surface area contributed by atoms with Gasteiger partial charge in [0.25, 0.3) is 0 Å². The molecular weight excluding hydrogens is 747 g/mol. The molecule has 5 aliphatic rings. The number of fused-ring (bicyclic) bond motifs is 3. The topological polar surface area (TPSA) is 133 Å². The van der Waals surface area contributed by atoms with Gasteiger partial charge in [-0.3, -0.25) is 9.59 Å². The minimum atomic E-state index is -0.840. The lowest BCUT2D eigenvalue weighted by Gasteiger charge is -2.53. The fourth-order valence-corrected chi connectivity index (χ4v) is 10.2. The summed E-state index contributed by atoms with van der Waals surface area (Å²) in [6.45, 7) is 16.5. The Kier molecular flexibility index (Phi) is 14.6. The number of unbranched alkanes of at least 4 members (excludes halogenated alkanes) is 4. The molecule has 10 nitrogen and oxygen atoms in total. The zero-order chi connectivity index (χ0) is 42.6. The monoisotopic (exact) mass is 820 g/mol. The molecule has 0 aromatic heterocycles. The highest BCUT2D eigenvalue weighted by Crippen LogP contribution is 2.60. The van der Waals surface area contributed by atoms with Gasteiger partial charge in [-0.15, -0.1) is 0 Å². The van der Waals surface area contributed by atoms with E-state index in [0.717, 1.165) is 63.4 Å². The van der Waals surface area contributed by atoms with Crippen molar-refractivity contribution in [1.29, 1.82) is 0 Å². The number of aliphatic hydroxyl groups is 1. The standard InChI is InChI=1S/C49H73NO9/c1-9-11-13-23-49(24-14-12-10-2)56-40-29-35(44(53)50-36(31-51)19-21-42(52)58-46(3,4)5)28-39(43(40)59-49)55-45(54)34-17-15-16-32(27-34)26-33-18-20-41-48(8,57-41)25-22-38-37(33)30-47(38,6)7/h15-17,26-27,29,36-41,43,51H,9-14,18-25,28,30-31H2,1-8H3,(H,50,53). The zero-order valence-corrected chi connectivity index (χ0v) is 37.2. The fourth-order valence-electron chi connectivity index (χ4n) is 10.2. The van der Waals surface area contributed by atoms with Crippen LogP contribution in [0.4, 0.5) is 0 Å². The van der Waals surface area contributed by atoms with Crippen molar-refractivity contribution in [2.24, 2.45) is 17.3 Å². The number of hydrogen-bond donors (Lipinski definition) is 2. The Bertz CT molecular complexity index is 1700. The Hall–Kier alpha value is -3.05. The van der Waals surface area contributed by atoms with Crippen molar-refractivity contribution in [3.05, 3.63) is 52.6 Å². The highest BCUT2D eigenvalue weighted by Gasteiger charge is 2.56. The first-order chi connectivity index (χ1) is 28.0. The zero-order valence-electron chi connectivity index (χ0n) is 37.2. The van der Waals surface area contributed by atoms with E-state index in [2.05, 4.69) is 52.1 Å². The van der Waals surface area contributed by atoms with E-state index in [1.807, 2.05) is 18.2 Å². The minimum absolute atomic E-state index is 0.0181. The van der Waals surface area contributed by atoms with Gasteiger partial charge in [-0.25, -0.2) is 4.79 Å². The predicted octanol–water partition coefficient (Wildman–Crippen LogP) is 9.56. The Morgan fingerprint density at radius 3 is 2.39 bits per heavy atom. The van der Waals surface area contributed by atoms with Crippen LogP contribution < -0.4 is 5.32 Å². The molecule has 0 bridgehead atoms. The smallest absolute Gasteiger partial charge is 0.338 e. The number of benzene rings is 1. The normalized spacial score (nSPS) is 30.5. The van der Waals surface area contributed by atoms with E-state index in [0.29, 0.717) is 47.3 Å². The first-order valence-electron chi connectivity index (χ1n) is 22.9. The fraction of sp³-hybridized carbons (Fsp3) is 0.735. The summed E-state index contributed by atoms with van der Waals surface area (Å²) in [7, 11) is 0. The van der Waals surface area contributed by atoms with Gasteiger partial charge in [-0.05, 0) is 120 Å². The molecule has 3 aliphatic carbocycles. The van der Waals surface area contributed by atoms with Gasteiger partial charge in [0, 0.05) is 31.3 Å². The SMILES string of the molecule is CCCCCC1(CCCCC)OC2C=C(C(=O)NC(CO)CCC(=O)OC(C)(C)C)CC(OC(=O)c3cccc(C=C4CCC5OC5(C)CCC5C4CC5(C)C)c3)C2O1. The van der Waals surface area contributed by atoms with Crippen LogP contribution in [0.1, 0.15) is 174 Å². The molecule has 2 saturated carbocycles. The lowest BCUT2D eigenvalue weighted by Crippen LogP contribution is -2.45. The predicted molar refractivity (Wildman–Crippen MR) is 228 cm³/mol. The van der Waals surface area contributed by atoms with Crippen LogP contribution in [0, 0.1) is 17.3 Å². The molecule has 4 fully saturated rings. The summed E-state index contributed by atoms with van der Waals surface area (Å²) in [5, 5.41) is 13.1. The molecule has 2 aliphatic heterocycles. The van der Waals surface area contributed by atoms with Crippen molar-refractivity contribution in [3.63, 3.8) is 0 Å². The van der Waals surface area contributed by atoms with E-state index < -0.39 is 53.6 Å². The third-order valence-electron chi connectivity index (χ3n) is 13.6. The number of aliphatic hydroxyl groups excluding tert-OH is 1. The van der Waals surface area contributed by atoms with Crippen LogP contribution >= 0.6 is 0 Å². The second-order valence-electron chi connectivity index (χ2n) is 20.1. The third kappa shape index (κ3) is 11.5. The summed E-state index contributed by atoms with van der Waals surface area (Å²) in [4.78, 5) is 40.5. The van der Waals surface area contributed by atoms with Crippen LogP contribution in [0.25, 0.3) is 6.08 Å². The van der Waals surface area contributed by atoms with Gasteiger partial charge in [-0.1, -0.05) is 77.2 Å². The van der Waals surface area contributed by atoms with Gasteiger partial charge in [0.2, 0.25) is 5.91 Å². The van der Waals surface area contributed by atoms with Gasteiger partial charge < -0.3 is 34.1 Å². The number of rotatable bonds is 17. The summed E-state index contributed by atoms with van der Waals surface area (Å²) >= 11 is 0. The quantitative estimate of drug-likeness (QED) is 0.0896. The number of carbonyl (C=O) groups excluding carboxylic acids is 3. The molecule has 8 atom stereocenters. The molecule has 2 heterocycles. The van der Waals surface area contributed by atoms with Crippen molar-refractivity contribution in [1.82, 2.24) is 5.32 Å². The second-order valence-corrected chi connectivity index (χ2v) is 20.1. The Labute approximate surface area is 353 Å². The van der Waals surface area contributed by atoms with Crippen LogP contribution in [0.2, 0.25) is 0 Å². The summed E-state index contributed by atoms with van der Waals surface area (Å²) in [5.41, 5.74) is 2.96. The largest absolute Gasteiger partial charge is 0.460 e. The van der Waals surface area contributed by atoms with E-state index in [4.69, 9.17) is 23.7 Å². The van der Waals surface area contributed by atoms with Crippen molar-refractivity contribution in [2.75, 3.05) is 6.61 Å². The van der Waals surface area contributed by atoms with Crippen LogP contribution in [0.5, 0.6) is 0 Å². The maximum Gasteiger partial charge on any atom is 0.338 e. The van der Waals surface area contributed by atoms with Crippen LogP contribution in [0.15, 0.2) is 41.5 Å². The molecule has 6 rings (SSSR count). The van der Waals surface area contributed by atoms with Gasteiger partial charge in [0.15, 0.2) is 5.79 Å². The molecule has 0 spiro atoms. The highest BCUT2D eigenvalue weighted by atomic mass is 16.8. The lowest BCUT2D eigenvalue weighted by molar-refractivity contribution is -0.190. The van der Waals surface area contributed by atoms with Gasteiger partial charge in [0.05, 0.1) is 29.9 Å². The molecule has 59 heavy (non-hydrogen) atoms. The minimum Gasteiger partial charge on any atom is -0.460 e. The molecule has 10 heteroatoms. The maximum atomic E-state index is 14.2. The van der Waals surface area contributed by atoms with Crippen molar-refractivity contribution < 1.29 is 43.2 Å². The molecule has 0 radical (unpaired) electrons. The number of nitrogens with one attached hydrogen (secondary N) is 1. The average molecular weight is 820 g/mol. The van der Waals surface area contributed by atoms with E-state index in [9.17, 15) is 19.5 Å². The Morgan fingerprint density at radius 1 is 1.00 bits per heavy atom. The highest BCUT2D eigenvalue weighted by molar-refractivity contribution is 5.94. The van der Waals surface area contributed by atoms with Crippen molar-refractivity contribution >= 4 is 23.9 Å². The number of hydrogen-bond acceptors (Lipinski definition) is 9. The third-order valence-corrected chi connectivity index (χ3v) is 13.6. The number of ether oxygens (including phenoxy) is 5. The average Bonchev–Trinajstić information content (AvgIpc) is 3.65. The molecule has 1 amide bonds. The second kappa shape index (κ2) is 18.9. The molecule has 8 unspecified atom stereocenters. The van der Waals surface area contributed by atoms with Crippen LogP contribution in [0.3, 0.4) is 0 Å². The summed E-state index contributed by atoms with van der Waals surface area (Å²) < 4.78 is 31.6. The number of amides is 1. The van der Waals surface area contributed by atoms with E-state index in [-0.39, 0.29) is 31.5 Å². The molecular formula is C49H73NO9.